The number of aromatic nitrogens is 1. The highest BCUT2D eigenvalue weighted by molar-refractivity contribution is 6.22. The summed E-state index contributed by atoms with van der Waals surface area (Å²) < 4.78 is 10.7. The second-order valence-corrected chi connectivity index (χ2v) is 7.62. The number of ether oxygens (including phenoxy) is 1. The monoisotopic (exact) mass is 448 g/mol. The van der Waals surface area contributed by atoms with E-state index in [0.717, 1.165) is 16.8 Å². The van der Waals surface area contributed by atoms with Crippen LogP contribution in [0.2, 0.25) is 0 Å². The Balaban J connectivity index is 1.48. The molecular weight excluding hydrogens is 428 g/mol. The Labute approximate surface area is 196 Å². The Morgan fingerprint density at radius 3 is 2.44 bits per heavy atom. The summed E-state index contributed by atoms with van der Waals surface area (Å²) in [7, 11) is 1.35. The van der Waals surface area contributed by atoms with Gasteiger partial charge in [0.2, 0.25) is 0 Å². The summed E-state index contributed by atoms with van der Waals surface area (Å²) in [6.07, 6.45) is 6.93. The van der Waals surface area contributed by atoms with E-state index in [1.807, 2.05) is 54.6 Å². The van der Waals surface area contributed by atoms with Crippen LogP contribution in [-0.2, 0) is 9.53 Å². The van der Waals surface area contributed by atoms with Gasteiger partial charge in [-0.3, -0.25) is 14.7 Å². The van der Waals surface area contributed by atoms with Crippen LogP contribution in [0.4, 0.5) is 5.69 Å². The molecule has 34 heavy (non-hydrogen) atoms. The van der Waals surface area contributed by atoms with E-state index >= 15 is 0 Å². The number of rotatable bonds is 5. The third-order valence-electron chi connectivity index (χ3n) is 5.47. The first-order valence-electron chi connectivity index (χ1n) is 10.7. The van der Waals surface area contributed by atoms with Gasteiger partial charge in [0.25, 0.3) is 5.91 Å². The lowest BCUT2D eigenvalue weighted by Gasteiger charge is -2.20. The van der Waals surface area contributed by atoms with E-state index < -0.39 is 5.97 Å². The molecule has 0 bridgehead atoms. The Morgan fingerprint density at radius 2 is 1.74 bits per heavy atom. The van der Waals surface area contributed by atoms with Crippen LogP contribution in [0.3, 0.4) is 0 Å². The van der Waals surface area contributed by atoms with Crippen LogP contribution < -0.4 is 4.90 Å². The van der Waals surface area contributed by atoms with Crippen LogP contribution in [-0.4, -0.2) is 24.0 Å². The van der Waals surface area contributed by atoms with E-state index in [-0.39, 0.29) is 5.91 Å². The zero-order valence-electron chi connectivity index (χ0n) is 18.3. The minimum Gasteiger partial charge on any atom is -0.465 e. The zero-order chi connectivity index (χ0) is 23.5. The maximum absolute atomic E-state index is 13.4. The number of methoxy groups -OCH3 is 1. The van der Waals surface area contributed by atoms with Crippen molar-refractivity contribution in [1.29, 1.82) is 0 Å². The average Bonchev–Trinajstić information content (AvgIpc) is 3.49. The molecule has 0 aliphatic carbocycles. The largest absolute Gasteiger partial charge is 0.465 e. The van der Waals surface area contributed by atoms with Crippen molar-refractivity contribution >= 4 is 29.3 Å². The molecule has 2 aromatic heterocycles. The van der Waals surface area contributed by atoms with E-state index in [9.17, 15) is 9.59 Å². The van der Waals surface area contributed by atoms with Gasteiger partial charge in [0.1, 0.15) is 11.5 Å². The van der Waals surface area contributed by atoms with Gasteiger partial charge in [-0.05, 0) is 54.1 Å². The number of esters is 1. The molecule has 0 unspecified atom stereocenters. The number of nitrogens with zero attached hydrogens (tertiary/aromatic N) is 2. The first-order valence-corrected chi connectivity index (χ1v) is 10.7. The third kappa shape index (κ3) is 4.04. The minimum absolute atomic E-state index is 0.160. The quantitative estimate of drug-likeness (QED) is 0.294. The summed E-state index contributed by atoms with van der Waals surface area (Å²) in [6, 6.07) is 24.0. The van der Waals surface area contributed by atoms with Crippen molar-refractivity contribution in [3.63, 3.8) is 0 Å². The van der Waals surface area contributed by atoms with Crippen molar-refractivity contribution in [2.75, 3.05) is 12.0 Å². The first-order chi connectivity index (χ1) is 16.6. The number of hydrogen-bond donors (Lipinski definition) is 0. The molecule has 6 heteroatoms. The van der Waals surface area contributed by atoms with Crippen molar-refractivity contribution in [3.05, 3.63) is 120 Å². The van der Waals surface area contributed by atoms with Gasteiger partial charge >= 0.3 is 5.97 Å². The Kier molecular flexibility index (Phi) is 5.62. The maximum atomic E-state index is 13.4. The van der Waals surface area contributed by atoms with E-state index in [1.54, 1.807) is 53.7 Å². The lowest BCUT2D eigenvalue weighted by Crippen LogP contribution is -2.25. The van der Waals surface area contributed by atoms with Crippen LogP contribution >= 0.6 is 0 Å². The highest BCUT2D eigenvalue weighted by atomic mass is 16.5. The smallest absolute Gasteiger partial charge is 0.337 e. The van der Waals surface area contributed by atoms with Crippen LogP contribution in [0, 0.1) is 0 Å². The van der Waals surface area contributed by atoms with Crippen molar-refractivity contribution in [2.24, 2.45) is 0 Å². The summed E-state index contributed by atoms with van der Waals surface area (Å²) in [5, 5.41) is 0. The predicted molar refractivity (Wildman–Crippen MR) is 130 cm³/mol. The highest BCUT2D eigenvalue weighted by Gasteiger charge is 2.30. The third-order valence-corrected chi connectivity index (χ3v) is 5.47. The number of carbonyl (C=O) groups is 2. The molecule has 0 N–H and O–H groups in total. The molecule has 1 aliphatic heterocycles. The van der Waals surface area contributed by atoms with E-state index in [2.05, 4.69) is 4.98 Å². The maximum Gasteiger partial charge on any atom is 0.337 e. The fourth-order valence-electron chi connectivity index (χ4n) is 3.81. The highest BCUT2D eigenvalue weighted by Crippen LogP contribution is 2.35. The second kappa shape index (κ2) is 9.03. The van der Waals surface area contributed by atoms with Crippen molar-refractivity contribution < 1.29 is 18.7 Å². The van der Waals surface area contributed by atoms with Gasteiger partial charge < -0.3 is 9.15 Å². The molecule has 1 amide bonds. The van der Waals surface area contributed by atoms with Gasteiger partial charge in [-0.15, -0.1) is 0 Å². The number of pyridine rings is 1. The number of amides is 1. The van der Waals surface area contributed by atoms with Gasteiger partial charge in [0.15, 0.2) is 0 Å². The molecule has 5 rings (SSSR count). The topological polar surface area (TPSA) is 72.6 Å². The summed E-state index contributed by atoms with van der Waals surface area (Å²) in [4.78, 5) is 30.9. The van der Waals surface area contributed by atoms with Crippen LogP contribution in [0.15, 0.2) is 107 Å². The van der Waals surface area contributed by atoms with E-state index in [0.29, 0.717) is 28.3 Å². The molecule has 1 aliphatic rings. The number of benzene rings is 2. The Morgan fingerprint density at radius 1 is 0.941 bits per heavy atom. The van der Waals surface area contributed by atoms with E-state index in [4.69, 9.17) is 9.15 Å². The van der Waals surface area contributed by atoms with Crippen LogP contribution in [0.1, 0.15) is 21.7 Å². The lowest BCUT2D eigenvalue weighted by molar-refractivity contribution is -0.113. The Hall–Kier alpha value is -4.71. The normalized spacial score (nSPS) is 14.4. The summed E-state index contributed by atoms with van der Waals surface area (Å²) in [6.45, 7) is 0. The average molecular weight is 448 g/mol. The molecule has 0 radical (unpaired) electrons. The Bertz CT molecular complexity index is 1400. The summed E-state index contributed by atoms with van der Waals surface area (Å²) >= 11 is 0. The van der Waals surface area contributed by atoms with E-state index in [1.165, 1.54) is 7.11 Å². The molecule has 2 aromatic carbocycles. The van der Waals surface area contributed by atoms with Crippen LogP contribution in [0.25, 0.3) is 23.1 Å². The zero-order valence-corrected chi connectivity index (χ0v) is 18.3. The lowest BCUT2D eigenvalue weighted by atomic mass is 10.1. The fraction of sp³-hybridized carbons (Fsp3) is 0.0357. The number of furan rings is 1. The van der Waals surface area contributed by atoms with Gasteiger partial charge in [-0.25, -0.2) is 4.79 Å². The molecule has 166 valence electrons. The number of anilines is 1. The van der Waals surface area contributed by atoms with Crippen molar-refractivity contribution in [1.82, 2.24) is 4.98 Å². The van der Waals surface area contributed by atoms with Crippen molar-refractivity contribution in [3.8, 4) is 11.3 Å². The van der Waals surface area contributed by atoms with Crippen molar-refractivity contribution in [2.45, 2.75) is 0 Å². The summed E-state index contributed by atoms with van der Waals surface area (Å²) in [5.41, 5.74) is 4.17. The molecule has 3 heterocycles. The summed E-state index contributed by atoms with van der Waals surface area (Å²) in [5.74, 6) is 0.625. The van der Waals surface area contributed by atoms with Gasteiger partial charge in [-0.1, -0.05) is 42.5 Å². The standard InChI is InChI=1S/C28H20N2O4/c1-33-28(32)21-11-9-20(10-12-21)26-14-13-24(34-26)16-22-17-25(19-6-3-2-4-7-19)30(27(22)31)23-8-5-15-29-18-23/h2-18H,1H3/b22-16+. The molecule has 6 nitrogen and oxygen atoms in total. The molecule has 0 spiro atoms. The molecule has 0 atom stereocenters. The molecular formula is C28H20N2O4. The fourth-order valence-corrected chi connectivity index (χ4v) is 3.81. The minimum atomic E-state index is -0.393. The van der Waals surface area contributed by atoms with Crippen LogP contribution in [0.5, 0.6) is 0 Å². The molecule has 4 aromatic rings. The van der Waals surface area contributed by atoms with Gasteiger partial charge in [0.05, 0.1) is 30.3 Å². The molecule has 0 saturated heterocycles. The second-order valence-electron chi connectivity index (χ2n) is 7.62. The predicted octanol–water partition coefficient (Wildman–Crippen LogP) is 5.60. The molecule has 0 fully saturated rings. The van der Waals surface area contributed by atoms with Gasteiger partial charge in [-0.2, -0.15) is 0 Å². The SMILES string of the molecule is COC(=O)c1ccc(-c2ccc(/C=C3\C=C(c4ccccc4)N(c4cccnc4)C3=O)o2)cc1. The van der Waals surface area contributed by atoms with Gasteiger partial charge in [0, 0.05) is 17.3 Å². The first kappa shape index (κ1) is 21.2. The molecule has 0 saturated carbocycles. The number of hydrogen-bond acceptors (Lipinski definition) is 5. The number of carbonyl (C=O) groups excluding carboxylic acids is 2.